The van der Waals surface area contributed by atoms with E-state index >= 15 is 0 Å². The molecule has 0 saturated carbocycles. The summed E-state index contributed by atoms with van der Waals surface area (Å²) in [5.41, 5.74) is 0.992. The van der Waals surface area contributed by atoms with E-state index in [0.717, 1.165) is 16.7 Å². The van der Waals surface area contributed by atoms with E-state index in [2.05, 4.69) is 0 Å². The van der Waals surface area contributed by atoms with Crippen molar-refractivity contribution in [2.24, 2.45) is 0 Å². The molecule has 0 aliphatic heterocycles. The maximum atomic E-state index is 9.41. The lowest BCUT2D eigenvalue weighted by Gasteiger charge is -2.10. The number of hydrogen-bond acceptors (Lipinski definition) is 3. The molecule has 86 valence electrons. The Bertz CT molecular complexity index is 478. The standard InChI is InChI=1S/C12H15NO3/c1-16-12-4-2-3-11-10(12)5-6-13(11)7-9(15)8-14/h2-6,9,14-15H,7-8H2,1H3. The largest absolute Gasteiger partial charge is 0.496 e. The summed E-state index contributed by atoms with van der Waals surface area (Å²) >= 11 is 0. The van der Waals surface area contributed by atoms with Crippen molar-refractivity contribution in [1.82, 2.24) is 4.57 Å². The zero-order chi connectivity index (χ0) is 11.5. The first-order valence-electron chi connectivity index (χ1n) is 5.17. The zero-order valence-corrected chi connectivity index (χ0v) is 9.13. The fourth-order valence-electron chi connectivity index (χ4n) is 1.82. The predicted molar refractivity (Wildman–Crippen MR) is 61.6 cm³/mol. The van der Waals surface area contributed by atoms with Gasteiger partial charge in [0, 0.05) is 11.6 Å². The van der Waals surface area contributed by atoms with Crippen LogP contribution in [0, 0.1) is 0 Å². The topological polar surface area (TPSA) is 54.6 Å². The number of benzene rings is 1. The summed E-state index contributed by atoms with van der Waals surface area (Å²) in [6.07, 6.45) is 1.15. The normalized spacial score (nSPS) is 12.9. The van der Waals surface area contributed by atoms with E-state index in [1.54, 1.807) is 7.11 Å². The Morgan fingerprint density at radius 3 is 2.88 bits per heavy atom. The van der Waals surface area contributed by atoms with Crippen LogP contribution in [0.1, 0.15) is 0 Å². The number of ether oxygens (including phenoxy) is 1. The van der Waals surface area contributed by atoms with Gasteiger partial charge in [0.1, 0.15) is 5.75 Å². The van der Waals surface area contributed by atoms with E-state index < -0.39 is 6.10 Å². The zero-order valence-electron chi connectivity index (χ0n) is 9.13. The van der Waals surface area contributed by atoms with Crippen LogP contribution in [0.2, 0.25) is 0 Å². The lowest BCUT2D eigenvalue weighted by molar-refractivity contribution is 0.0822. The summed E-state index contributed by atoms with van der Waals surface area (Å²) in [5, 5.41) is 19.2. The summed E-state index contributed by atoms with van der Waals surface area (Å²) in [6.45, 7) is 0.150. The van der Waals surface area contributed by atoms with Gasteiger partial charge in [0.15, 0.2) is 0 Å². The van der Waals surface area contributed by atoms with Gasteiger partial charge in [-0.3, -0.25) is 0 Å². The van der Waals surface area contributed by atoms with Gasteiger partial charge in [0.25, 0.3) is 0 Å². The molecule has 1 unspecified atom stereocenters. The van der Waals surface area contributed by atoms with Crippen molar-refractivity contribution in [3.63, 3.8) is 0 Å². The van der Waals surface area contributed by atoms with E-state index in [4.69, 9.17) is 9.84 Å². The molecule has 0 amide bonds. The lowest BCUT2D eigenvalue weighted by atomic mass is 10.2. The van der Waals surface area contributed by atoms with Crippen molar-refractivity contribution in [3.05, 3.63) is 30.5 Å². The van der Waals surface area contributed by atoms with Crippen molar-refractivity contribution < 1.29 is 14.9 Å². The summed E-state index contributed by atoms with van der Waals surface area (Å²) in [4.78, 5) is 0. The van der Waals surface area contributed by atoms with E-state index in [-0.39, 0.29) is 6.61 Å². The van der Waals surface area contributed by atoms with Crippen LogP contribution < -0.4 is 4.74 Å². The van der Waals surface area contributed by atoms with E-state index in [1.165, 1.54) is 0 Å². The molecule has 2 rings (SSSR count). The van der Waals surface area contributed by atoms with E-state index in [1.807, 2.05) is 35.0 Å². The van der Waals surface area contributed by atoms with Gasteiger partial charge in [0.2, 0.25) is 0 Å². The molecule has 1 aromatic carbocycles. The molecule has 0 aliphatic rings. The highest BCUT2D eigenvalue weighted by molar-refractivity contribution is 5.86. The van der Waals surface area contributed by atoms with Crippen LogP contribution in [0.15, 0.2) is 30.5 Å². The Balaban J connectivity index is 2.41. The molecular weight excluding hydrogens is 206 g/mol. The molecule has 0 bridgehead atoms. The van der Waals surface area contributed by atoms with Gasteiger partial charge in [-0.1, -0.05) is 6.07 Å². The molecule has 0 radical (unpaired) electrons. The predicted octanol–water partition coefficient (Wildman–Crippen LogP) is 1.00. The van der Waals surface area contributed by atoms with Crippen LogP contribution >= 0.6 is 0 Å². The second-order valence-electron chi connectivity index (χ2n) is 3.70. The van der Waals surface area contributed by atoms with Crippen molar-refractivity contribution in [2.45, 2.75) is 12.6 Å². The molecule has 4 heteroatoms. The fourth-order valence-corrected chi connectivity index (χ4v) is 1.82. The van der Waals surface area contributed by atoms with Gasteiger partial charge in [-0.15, -0.1) is 0 Å². The van der Waals surface area contributed by atoms with Crippen LogP contribution in [0.4, 0.5) is 0 Å². The number of hydrogen-bond donors (Lipinski definition) is 2. The molecule has 1 heterocycles. The van der Waals surface area contributed by atoms with Crippen molar-refractivity contribution >= 4 is 10.9 Å². The first-order valence-corrected chi connectivity index (χ1v) is 5.17. The molecule has 16 heavy (non-hydrogen) atoms. The van der Waals surface area contributed by atoms with Gasteiger partial charge in [-0.25, -0.2) is 0 Å². The molecule has 1 atom stereocenters. The minimum Gasteiger partial charge on any atom is -0.496 e. The van der Waals surface area contributed by atoms with Crippen LogP contribution in [-0.4, -0.2) is 34.6 Å². The number of rotatable bonds is 4. The van der Waals surface area contributed by atoms with Crippen LogP contribution in [-0.2, 0) is 6.54 Å². The van der Waals surface area contributed by atoms with Gasteiger partial charge in [-0.05, 0) is 18.2 Å². The van der Waals surface area contributed by atoms with Gasteiger partial charge < -0.3 is 19.5 Å². The van der Waals surface area contributed by atoms with Crippen molar-refractivity contribution in [2.75, 3.05) is 13.7 Å². The quantitative estimate of drug-likeness (QED) is 0.810. The fraction of sp³-hybridized carbons (Fsp3) is 0.333. The number of fused-ring (bicyclic) bond motifs is 1. The first kappa shape index (κ1) is 11.0. The third kappa shape index (κ3) is 1.89. The minimum atomic E-state index is -0.734. The number of aromatic nitrogens is 1. The Kier molecular flexibility index (Phi) is 3.12. The molecule has 1 aromatic heterocycles. The van der Waals surface area contributed by atoms with Gasteiger partial charge in [-0.2, -0.15) is 0 Å². The smallest absolute Gasteiger partial charge is 0.128 e. The van der Waals surface area contributed by atoms with Gasteiger partial charge >= 0.3 is 0 Å². The highest BCUT2D eigenvalue weighted by Crippen LogP contribution is 2.26. The number of aliphatic hydroxyl groups is 2. The first-order chi connectivity index (χ1) is 7.76. The van der Waals surface area contributed by atoms with E-state index in [9.17, 15) is 5.11 Å². The number of aliphatic hydroxyl groups excluding tert-OH is 2. The average molecular weight is 221 g/mol. The SMILES string of the molecule is COc1cccc2c1ccn2CC(O)CO. The van der Waals surface area contributed by atoms with Crippen LogP contribution in [0.5, 0.6) is 5.75 Å². The second kappa shape index (κ2) is 4.55. The Morgan fingerprint density at radius 1 is 1.38 bits per heavy atom. The number of nitrogens with zero attached hydrogens (tertiary/aromatic N) is 1. The molecule has 2 aromatic rings. The van der Waals surface area contributed by atoms with Crippen LogP contribution in [0.3, 0.4) is 0 Å². The monoisotopic (exact) mass is 221 g/mol. The van der Waals surface area contributed by atoms with Crippen molar-refractivity contribution in [3.8, 4) is 5.75 Å². The summed E-state index contributed by atoms with van der Waals surface area (Å²) in [6, 6.07) is 7.71. The Labute approximate surface area is 93.7 Å². The second-order valence-corrected chi connectivity index (χ2v) is 3.70. The highest BCUT2D eigenvalue weighted by Gasteiger charge is 2.08. The molecule has 0 fully saturated rings. The van der Waals surface area contributed by atoms with Crippen molar-refractivity contribution in [1.29, 1.82) is 0 Å². The minimum absolute atomic E-state index is 0.232. The Hall–Kier alpha value is -1.52. The molecule has 0 spiro atoms. The Morgan fingerprint density at radius 2 is 2.19 bits per heavy atom. The van der Waals surface area contributed by atoms with E-state index in [0.29, 0.717) is 6.54 Å². The van der Waals surface area contributed by atoms with Crippen LogP contribution in [0.25, 0.3) is 10.9 Å². The van der Waals surface area contributed by atoms with Gasteiger partial charge in [0.05, 0.1) is 31.9 Å². The summed E-state index contributed by atoms with van der Waals surface area (Å²) in [7, 11) is 1.63. The lowest BCUT2D eigenvalue weighted by Crippen LogP contribution is -2.19. The molecule has 2 N–H and O–H groups in total. The summed E-state index contributed by atoms with van der Waals surface area (Å²) in [5.74, 6) is 0.815. The average Bonchev–Trinajstić information content (AvgIpc) is 2.72. The number of methoxy groups -OCH3 is 1. The molecule has 0 saturated heterocycles. The third-order valence-electron chi connectivity index (χ3n) is 2.61. The molecular formula is C12H15NO3. The maximum absolute atomic E-state index is 9.41. The summed E-state index contributed by atoms with van der Waals surface area (Å²) < 4.78 is 7.15. The highest BCUT2D eigenvalue weighted by atomic mass is 16.5. The third-order valence-corrected chi connectivity index (χ3v) is 2.61. The molecule has 0 aliphatic carbocycles. The molecule has 4 nitrogen and oxygen atoms in total. The maximum Gasteiger partial charge on any atom is 0.128 e.